The largest absolute Gasteiger partial charge is 0.329 e. The van der Waals surface area contributed by atoms with Gasteiger partial charge in [0.05, 0.1) is 5.75 Å². The highest BCUT2D eigenvalue weighted by molar-refractivity contribution is 7.99. The third-order valence-corrected chi connectivity index (χ3v) is 6.31. The topological polar surface area (TPSA) is 63.4 Å². The first-order chi connectivity index (χ1) is 8.10. The molecule has 0 aromatic rings. The molecule has 18 heavy (non-hydrogen) atoms. The fourth-order valence-corrected chi connectivity index (χ4v) is 4.76. The van der Waals surface area contributed by atoms with E-state index in [1.807, 2.05) is 18.8 Å². The van der Waals surface area contributed by atoms with Crippen molar-refractivity contribution in [3.63, 3.8) is 0 Å². The van der Waals surface area contributed by atoms with Crippen LogP contribution < -0.4 is 5.73 Å². The summed E-state index contributed by atoms with van der Waals surface area (Å²) in [6.45, 7) is 5.66. The Balaban J connectivity index is 2.74. The highest BCUT2D eigenvalue weighted by Gasteiger charge is 2.42. The smallest absolute Gasteiger partial charge is 0.148 e. The number of hydrogen-bond acceptors (Lipinski definition) is 5. The van der Waals surface area contributed by atoms with Crippen LogP contribution in [0.1, 0.15) is 20.3 Å². The molecule has 0 radical (unpaired) electrons. The Bertz CT molecular complexity index is 382. The zero-order valence-corrected chi connectivity index (χ0v) is 13.5. The van der Waals surface area contributed by atoms with Crippen LogP contribution in [0.15, 0.2) is 0 Å². The monoisotopic (exact) mass is 294 g/mol. The highest BCUT2D eigenvalue weighted by atomic mass is 32.2. The summed E-state index contributed by atoms with van der Waals surface area (Å²) >= 11 is 1.92. The van der Waals surface area contributed by atoms with Gasteiger partial charge in [0.25, 0.3) is 0 Å². The van der Waals surface area contributed by atoms with Gasteiger partial charge in [-0.15, -0.1) is 0 Å². The summed E-state index contributed by atoms with van der Waals surface area (Å²) in [7, 11) is -0.911. The summed E-state index contributed by atoms with van der Waals surface area (Å²) in [5.74, 6) is 2.35. The predicted octanol–water partition coefficient (Wildman–Crippen LogP) is 0.823. The summed E-state index contributed by atoms with van der Waals surface area (Å²) in [5.41, 5.74) is 6.20. The number of sulfone groups is 1. The number of rotatable bonds is 5. The molecule has 4 nitrogen and oxygen atoms in total. The van der Waals surface area contributed by atoms with Crippen LogP contribution in [0.4, 0.5) is 0 Å². The Morgan fingerprint density at radius 3 is 2.39 bits per heavy atom. The number of likely N-dealkylation sites (N-methyl/N-ethyl adjacent to an activating group) is 1. The van der Waals surface area contributed by atoms with Gasteiger partial charge in [-0.25, -0.2) is 8.42 Å². The van der Waals surface area contributed by atoms with Crippen molar-refractivity contribution in [2.24, 2.45) is 11.1 Å². The molecule has 1 atom stereocenters. The van der Waals surface area contributed by atoms with Crippen LogP contribution in [0, 0.1) is 5.41 Å². The minimum Gasteiger partial charge on any atom is -0.329 e. The number of nitrogens with two attached hydrogens (primary N) is 1. The first kappa shape index (κ1) is 16.3. The first-order valence-electron chi connectivity index (χ1n) is 6.27. The van der Waals surface area contributed by atoms with Crippen LogP contribution >= 0.6 is 11.8 Å². The maximum Gasteiger partial charge on any atom is 0.148 e. The Morgan fingerprint density at radius 1 is 1.33 bits per heavy atom. The van der Waals surface area contributed by atoms with Crippen LogP contribution in [0.5, 0.6) is 0 Å². The van der Waals surface area contributed by atoms with E-state index in [0.717, 1.165) is 17.9 Å². The number of nitrogens with zero attached hydrogens (tertiary/aromatic N) is 1. The van der Waals surface area contributed by atoms with E-state index in [1.54, 1.807) is 0 Å². The van der Waals surface area contributed by atoms with E-state index in [9.17, 15) is 8.42 Å². The van der Waals surface area contributed by atoms with E-state index in [0.29, 0.717) is 13.1 Å². The van der Waals surface area contributed by atoms with Gasteiger partial charge in [0.1, 0.15) is 9.84 Å². The van der Waals surface area contributed by atoms with Gasteiger partial charge in [-0.05, 0) is 24.6 Å². The Kier molecular flexibility index (Phi) is 5.14. The lowest BCUT2D eigenvalue weighted by atomic mass is 9.79. The lowest BCUT2D eigenvalue weighted by Gasteiger charge is -2.49. The SMILES string of the molecule is CN(CCS(C)(=O)=O)C1(CN)CSCC(C)(C)C1. The second-order valence-corrected chi connectivity index (χ2v) is 9.56. The highest BCUT2D eigenvalue weighted by Crippen LogP contribution is 2.41. The molecule has 1 heterocycles. The van der Waals surface area contributed by atoms with Gasteiger partial charge < -0.3 is 5.73 Å². The number of thioether (sulfide) groups is 1. The molecule has 6 heteroatoms. The first-order valence-corrected chi connectivity index (χ1v) is 9.49. The van der Waals surface area contributed by atoms with Gasteiger partial charge in [-0.1, -0.05) is 13.8 Å². The Morgan fingerprint density at radius 2 is 1.94 bits per heavy atom. The molecule has 0 bridgehead atoms. The molecule has 2 N–H and O–H groups in total. The van der Waals surface area contributed by atoms with E-state index in [2.05, 4.69) is 18.7 Å². The van der Waals surface area contributed by atoms with Gasteiger partial charge >= 0.3 is 0 Å². The van der Waals surface area contributed by atoms with Gasteiger partial charge in [-0.3, -0.25) is 4.90 Å². The van der Waals surface area contributed by atoms with E-state index in [-0.39, 0.29) is 16.7 Å². The minimum atomic E-state index is -2.91. The van der Waals surface area contributed by atoms with Crippen LogP contribution in [0.3, 0.4) is 0 Å². The van der Waals surface area contributed by atoms with Gasteiger partial charge in [0, 0.05) is 30.6 Å². The minimum absolute atomic E-state index is 0.0584. The van der Waals surface area contributed by atoms with Crippen molar-refractivity contribution in [3.8, 4) is 0 Å². The van der Waals surface area contributed by atoms with E-state index >= 15 is 0 Å². The summed E-state index contributed by atoms with van der Waals surface area (Å²) in [6.07, 6.45) is 2.32. The molecule has 0 aromatic heterocycles. The van der Waals surface area contributed by atoms with Crippen LogP contribution in [-0.2, 0) is 9.84 Å². The average Bonchev–Trinajstić information content (AvgIpc) is 2.23. The molecule has 0 spiro atoms. The molecule has 1 rings (SSSR count). The van der Waals surface area contributed by atoms with Crippen molar-refractivity contribution in [1.29, 1.82) is 0 Å². The van der Waals surface area contributed by atoms with Crippen molar-refractivity contribution in [2.45, 2.75) is 25.8 Å². The molecule has 0 amide bonds. The Hall–Kier alpha value is 0.220. The van der Waals surface area contributed by atoms with Gasteiger partial charge in [0.15, 0.2) is 0 Å². The summed E-state index contributed by atoms with van der Waals surface area (Å²) in [5, 5.41) is 0. The predicted molar refractivity (Wildman–Crippen MR) is 79.8 cm³/mol. The zero-order chi connectivity index (χ0) is 14.0. The molecular weight excluding hydrogens is 268 g/mol. The second-order valence-electron chi connectivity index (χ2n) is 6.31. The van der Waals surface area contributed by atoms with E-state index in [1.165, 1.54) is 6.26 Å². The summed E-state index contributed by atoms with van der Waals surface area (Å²) in [4.78, 5) is 2.15. The van der Waals surface area contributed by atoms with Crippen molar-refractivity contribution in [2.75, 3.05) is 43.7 Å². The van der Waals surface area contributed by atoms with Crippen molar-refractivity contribution >= 4 is 21.6 Å². The molecule has 1 aliphatic heterocycles. The van der Waals surface area contributed by atoms with Crippen molar-refractivity contribution < 1.29 is 8.42 Å². The quantitative estimate of drug-likeness (QED) is 0.813. The molecule has 0 aliphatic carbocycles. The second kappa shape index (κ2) is 5.69. The fraction of sp³-hybridized carbons (Fsp3) is 1.00. The maximum absolute atomic E-state index is 11.3. The molecule has 0 aromatic carbocycles. The van der Waals surface area contributed by atoms with Gasteiger partial charge in [0.2, 0.25) is 0 Å². The molecule has 1 unspecified atom stereocenters. The molecule has 0 saturated carbocycles. The van der Waals surface area contributed by atoms with E-state index < -0.39 is 9.84 Å². The third-order valence-electron chi connectivity index (χ3n) is 3.66. The van der Waals surface area contributed by atoms with Crippen molar-refractivity contribution in [3.05, 3.63) is 0 Å². The average molecular weight is 294 g/mol. The Labute approximate surface area is 116 Å². The molecular formula is C12H26N2O2S2. The van der Waals surface area contributed by atoms with Crippen LogP contribution in [-0.4, -0.2) is 62.5 Å². The summed E-state index contributed by atoms with van der Waals surface area (Å²) < 4.78 is 22.6. The molecule has 108 valence electrons. The normalized spacial score (nSPS) is 28.6. The van der Waals surface area contributed by atoms with Crippen LogP contribution in [0.2, 0.25) is 0 Å². The van der Waals surface area contributed by atoms with Crippen LogP contribution in [0.25, 0.3) is 0 Å². The standard InChI is InChI=1S/C12H26N2O2S2/c1-11(2)7-12(8-13,10-17-9-11)14(3)5-6-18(4,15)16/h5-10,13H2,1-4H3. The molecule has 1 saturated heterocycles. The number of hydrogen-bond donors (Lipinski definition) is 1. The third kappa shape index (κ3) is 4.40. The lowest BCUT2D eigenvalue weighted by molar-refractivity contribution is 0.0995. The lowest BCUT2D eigenvalue weighted by Crippen LogP contribution is -2.59. The summed E-state index contributed by atoms with van der Waals surface area (Å²) in [6, 6.07) is 0. The van der Waals surface area contributed by atoms with E-state index in [4.69, 9.17) is 5.73 Å². The molecule has 1 fully saturated rings. The van der Waals surface area contributed by atoms with Gasteiger partial charge in [-0.2, -0.15) is 11.8 Å². The maximum atomic E-state index is 11.3. The molecule has 1 aliphatic rings. The van der Waals surface area contributed by atoms with Crippen molar-refractivity contribution in [1.82, 2.24) is 4.90 Å². The zero-order valence-electron chi connectivity index (χ0n) is 11.9. The fourth-order valence-electron chi connectivity index (χ4n) is 2.58.